The lowest BCUT2D eigenvalue weighted by Gasteiger charge is -2.41. The number of aryl methyl sites for hydroxylation is 1. The molecule has 0 radical (unpaired) electrons. The van der Waals surface area contributed by atoms with Crippen molar-refractivity contribution in [2.45, 2.75) is 95.0 Å². The zero-order valence-corrected chi connectivity index (χ0v) is 36.3. The lowest BCUT2D eigenvalue weighted by molar-refractivity contribution is -0.0366. The fraction of sp³-hybridized carbons (Fsp3) is 0.468. The third kappa shape index (κ3) is 11.2. The number of piperidine rings is 1. The molecule has 11 nitrogen and oxygen atoms in total. The number of rotatable bonds is 17. The van der Waals surface area contributed by atoms with E-state index in [4.69, 9.17) is 27.9 Å². The average Bonchev–Trinajstić information content (AvgIpc) is 3.42. The molecule has 2 aliphatic heterocycles. The molecule has 3 unspecified atom stereocenters. The van der Waals surface area contributed by atoms with Crippen LogP contribution in [0.25, 0.3) is 0 Å². The summed E-state index contributed by atoms with van der Waals surface area (Å²) in [6, 6.07) is 30.7. The van der Waals surface area contributed by atoms with Crippen molar-refractivity contribution in [3.63, 3.8) is 0 Å². The standard InChI is InChI=1S/C47H60N2O9S/c1-34-17-23-38(24-18-34)59(51,52)57-30-27-49-41-15-10-9-14-40(41)47(5,6)44(49)33-56-43-31-48(45(50)58-46(2,3)4)26-25-39(43)35-19-21-37(22-20-35)55-29-12-28-54-32-36-13-8-11-16-42(36)53-7/h8-11,13-24,39,43-44H,12,25-33H2,1-7H3. The van der Waals surface area contributed by atoms with Crippen LogP contribution in [0, 0.1) is 6.92 Å². The van der Waals surface area contributed by atoms with Crippen molar-refractivity contribution in [3.05, 3.63) is 119 Å². The maximum absolute atomic E-state index is 13.3. The summed E-state index contributed by atoms with van der Waals surface area (Å²) in [6.45, 7) is 15.0. The van der Waals surface area contributed by atoms with Gasteiger partial charge in [-0.25, -0.2) is 4.79 Å². The second-order valence-electron chi connectivity index (χ2n) is 16.9. The van der Waals surface area contributed by atoms with Crippen LogP contribution in [0.2, 0.25) is 0 Å². The van der Waals surface area contributed by atoms with E-state index in [9.17, 15) is 13.2 Å². The maximum Gasteiger partial charge on any atom is 0.410 e. The molecule has 1 saturated heterocycles. The summed E-state index contributed by atoms with van der Waals surface area (Å²) in [5.41, 5.74) is 4.30. The minimum absolute atomic E-state index is 0.00874. The van der Waals surface area contributed by atoms with E-state index in [1.807, 2.05) is 76.2 Å². The van der Waals surface area contributed by atoms with Gasteiger partial charge < -0.3 is 33.5 Å². The Morgan fingerprint density at radius 1 is 0.881 bits per heavy atom. The van der Waals surface area contributed by atoms with Crippen LogP contribution in [0.15, 0.2) is 102 Å². The molecule has 0 N–H and O–H groups in total. The van der Waals surface area contributed by atoms with Crippen LogP contribution in [0.3, 0.4) is 0 Å². The fourth-order valence-electron chi connectivity index (χ4n) is 7.94. The van der Waals surface area contributed by atoms with E-state index in [0.717, 1.165) is 45.9 Å². The molecule has 0 bridgehead atoms. The number of amides is 1. The first-order valence-corrected chi connectivity index (χ1v) is 21.9. The maximum atomic E-state index is 13.3. The quantitative estimate of drug-likeness (QED) is 0.0757. The van der Waals surface area contributed by atoms with E-state index < -0.39 is 15.7 Å². The molecule has 3 atom stereocenters. The van der Waals surface area contributed by atoms with Crippen molar-refractivity contribution < 1.29 is 41.1 Å². The first-order chi connectivity index (χ1) is 28.2. The van der Waals surface area contributed by atoms with Gasteiger partial charge in [0.25, 0.3) is 10.1 Å². The first kappa shape index (κ1) is 43.9. The van der Waals surface area contributed by atoms with Crippen LogP contribution >= 0.6 is 0 Å². The summed E-state index contributed by atoms with van der Waals surface area (Å²) in [5.74, 6) is 1.60. The number of hydrogen-bond donors (Lipinski definition) is 0. The van der Waals surface area contributed by atoms with Crippen LogP contribution in [-0.4, -0.2) is 90.3 Å². The highest BCUT2D eigenvalue weighted by atomic mass is 32.2. The largest absolute Gasteiger partial charge is 0.496 e. The van der Waals surface area contributed by atoms with Gasteiger partial charge in [0, 0.05) is 42.1 Å². The molecule has 12 heteroatoms. The molecule has 2 heterocycles. The van der Waals surface area contributed by atoms with E-state index in [-0.39, 0.29) is 41.1 Å². The minimum Gasteiger partial charge on any atom is -0.496 e. The molecular formula is C47H60N2O9S. The number of anilines is 1. The van der Waals surface area contributed by atoms with Crippen LogP contribution in [0.4, 0.5) is 10.5 Å². The van der Waals surface area contributed by atoms with Crippen molar-refractivity contribution in [1.29, 1.82) is 0 Å². The molecule has 1 amide bonds. The normalized spacial score (nSPS) is 19.0. The number of benzene rings is 4. The summed E-state index contributed by atoms with van der Waals surface area (Å²) in [7, 11) is -2.28. The Labute approximate surface area is 350 Å². The molecule has 0 aliphatic carbocycles. The highest BCUT2D eigenvalue weighted by molar-refractivity contribution is 7.86. The zero-order chi connectivity index (χ0) is 42.2. The van der Waals surface area contributed by atoms with Crippen molar-refractivity contribution in [2.75, 3.05) is 58.1 Å². The third-order valence-corrected chi connectivity index (χ3v) is 12.5. The molecule has 6 rings (SSSR count). The molecule has 4 aromatic carbocycles. The Morgan fingerprint density at radius 3 is 2.32 bits per heavy atom. The molecule has 1 fully saturated rings. The van der Waals surface area contributed by atoms with Gasteiger partial charge in [0.1, 0.15) is 17.1 Å². The summed E-state index contributed by atoms with van der Waals surface area (Å²) >= 11 is 0. The summed E-state index contributed by atoms with van der Waals surface area (Å²) in [5, 5.41) is 0. The molecule has 0 spiro atoms. The number of likely N-dealkylation sites (tertiary alicyclic amines) is 1. The van der Waals surface area contributed by atoms with Gasteiger partial charge in [0.05, 0.1) is 63.7 Å². The van der Waals surface area contributed by atoms with Crippen molar-refractivity contribution in [1.82, 2.24) is 4.90 Å². The zero-order valence-electron chi connectivity index (χ0n) is 35.5. The number of hydrogen-bond acceptors (Lipinski definition) is 10. The van der Waals surface area contributed by atoms with Gasteiger partial charge in [-0.1, -0.05) is 80.1 Å². The predicted octanol–water partition coefficient (Wildman–Crippen LogP) is 8.67. The predicted molar refractivity (Wildman–Crippen MR) is 229 cm³/mol. The number of para-hydroxylation sites is 2. The smallest absolute Gasteiger partial charge is 0.410 e. The van der Waals surface area contributed by atoms with Gasteiger partial charge in [0.2, 0.25) is 0 Å². The summed E-state index contributed by atoms with van der Waals surface area (Å²) < 4.78 is 61.9. The van der Waals surface area contributed by atoms with Crippen LogP contribution < -0.4 is 14.4 Å². The summed E-state index contributed by atoms with van der Waals surface area (Å²) in [6.07, 6.45) is 0.740. The van der Waals surface area contributed by atoms with Gasteiger partial charge in [-0.3, -0.25) is 4.18 Å². The van der Waals surface area contributed by atoms with Crippen LogP contribution in [-0.2, 0) is 40.5 Å². The number of nitrogens with zero attached hydrogens (tertiary/aromatic N) is 2. The molecular weight excluding hydrogens is 769 g/mol. The Balaban J connectivity index is 1.12. The highest BCUT2D eigenvalue weighted by Gasteiger charge is 2.45. The number of methoxy groups -OCH3 is 1. The molecule has 59 heavy (non-hydrogen) atoms. The van der Waals surface area contributed by atoms with E-state index in [0.29, 0.717) is 52.5 Å². The van der Waals surface area contributed by atoms with E-state index in [1.165, 1.54) is 0 Å². The first-order valence-electron chi connectivity index (χ1n) is 20.5. The molecule has 0 aromatic heterocycles. The molecule has 4 aromatic rings. The topological polar surface area (TPSA) is 113 Å². The Bertz CT molecular complexity index is 2100. The van der Waals surface area contributed by atoms with E-state index >= 15 is 0 Å². The molecule has 0 saturated carbocycles. The number of carbonyl (C=O) groups excluding carboxylic acids is 1. The Hall–Kier alpha value is -4.62. The van der Waals surface area contributed by atoms with Crippen LogP contribution in [0.5, 0.6) is 11.5 Å². The number of ether oxygens (including phenoxy) is 5. The van der Waals surface area contributed by atoms with Gasteiger partial charge in [-0.2, -0.15) is 8.42 Å². The lowest BCUT2D eigenvalue weighted by atomic mass is 9.80. The number of carbonyl (C=O) groups is 1. The van der Waals surface area contributed by atoms with Crippen molar-refractivity contribution in [3.8, 4) is 11.5 Å². The lowest BCUT2D eigenvalue weighted by Crippen LogP contribution is -2.51. The van der Waals surface area contributed by atoms with Gasteiger partial charge >= 0.3 is 6.09 Å². The fourth-order valence-corrected chi connectivity index (χ4v) is 8.84. The van der Waals surface area contributed by atoms with E-state index in [2.05, 4.69) is 43.0 Å². The highest BCUT2D eigenvalue weighted by Crippen LogP contribution is 2.45. The SMILES string of the molecule is COc1ccccc1COCCCOc1ccc(C2CCN(C(=O)OC(C)(C)C)CC2OCC2N(CCOS(=O)(=O)c3ccc(C)cc3)c3ccccc3C2(C)C)cc1. The summed E-state index contributed by atoms with van der Waals surface area (Å²) in [4.78, 5) is 17.4. The Kier molecular flexibility index (Phi) is 14.3. The van der Waals surface area contributed by atoms with Crippen molar-refractivity contribution in [2.24, 2.45) is 0 Å². The Morgan fingerprint density at radius 2 is 1.59 bits per heavy atom. The van der Waals surface area contributed by atoms with Crippen LogP contribution in [0.1, 0.15) is 75.6 Å². The second kappa shape index (κ2) is 19.2. The van der Waals surface area contributed by atoms with Crippen molar-refractivity contribution >= 4 is 21.9 Å². The number of fused-ring (bicyclic) bond motifs is 1. The molecule has 318 valence electrons. The second-order valence-corrected chi connectivity index (χ2v) is 18.5. The monoisotopic (exact) mass is 828 g/mol. The van der Waals surface area contributed by atoms with Gasteiger partial charge in [-0.05, 0) is 81.6 Å². The minimum atomic E-state index is -3.94. The van der Waals surface area contributed by atoms with Gasteiger partial charge in [0.15, 0.2) is 0 Å². The van der Waals surface area contributed by atoms with E-state index in [1.54, 1.807) is 36.3 Å². The average molecular weight is 829 g/mol. The van der Waals surface area contributed by atoms with Gasteiger partial charge in [-0.15, -0.1) is 0 Å². The third-order valence-electron chi connectivity index (χ3n) is 11.1. The molecule has 2 aliphatic rings.